The number of carbonyl (C=O) groups is 2. The van der Waals surface area contributed by atoms with Gasteiger partial charge in [0.05, 0.1) is 11.6 Å². The number of benzene rings is 1. The average Bonchev–Trinajstić information content (AvgIpc) is 2.91. The van der Waals surface area contributed by atoms with Gasteiger partial charge in [0.1, 0.15) is 6.54 Å². The molecule has 2 rings (SSSR count). The van der Waals surface area contributed by atoms with Gasteiger partial charge in [0.15, 0.2) is 0 Å². The maximum atomic E-state index is 11.8. The number of carboxylic acids is 1. The zero-order valence-electron chi connectivity index (χ0n) is 11.8. The standard InChI is InChI=1S/C14H16N4O3/c1-14(2,13(20)21)10-3-5-11(6-4-10)16-12(19)9-18-8-7-15-17-18/h3-8H,9H2,1-2H3,(H,16,19)(H,20,21). The van der Waals surface area contributed by atoms with E-state index in [9.17, 15) is 9.59 Å². The molecule has 0 unspecified atom stereocenters. The number of carboxylic acid groups (broad SMARTS) is 1. The zero-order valence-corrected chi connectivity index (χ0v) is 11.8. The number of hydrogen-bond donors (Lipinski definition) is 2. The average molecular weight is 288 g/mol. The third-order valence-electron chi connectivity index (χ3n) is 3.20. The predicted octanol–water partition coefficient (Wildman–Crippen LogP) is 1.28. The maximum Gasteiger partial charge on any atom is 0.313 e. The molecule has 1 amide bonds. The molecule has 0 fully saturated rings. The normalized spacial score (nSPS) is 11.1. The third-order valence-corrected chi connectivity index (χ3v) is 3.20. The van der Waals surface area contributed by atoms with E-state index in [2.05, 4.69) is 15.6 Å². The van der Waals surface area contributed by atoms with Crippen LogP contribution >= 0.6 is 0 Å². The summed E-state index contributed by atoms with van der Waals surface area (Å²) in [5.74, 6) is -1.13. The Morgan fingerprint density at radius 2 is 1.95 bits per heavy atom. The minimum Gasteiger partial charge on any atom is -0.481 e. The number of anilines is 1. The van der Waals surface area contributed by atoms with Gasteiger partial charge in [0, 0.05) is 11.9 Å². The fourth-order valence-corrected chi connectivity index (χ4v) is 1.76. The van der Waals surface area contributed by atoms with Gasteiger partial charge in [-0.3, -0.25) is 9.59 Å². The highest BCUT2D eigenvalue weighted by molar-refractivity contribution is 5.90. The molecule has 0 aliphatic heterocycles. The van der Waals surface area contributed by atoms with E-state index in [-0.39, 0.29) is 12.5 Å². The molecule has 110 valence electrons. The third kappa shape index (κ3) is 3.44. The molecule has 1 heterocycles. The molecule has 1 aromatic carbocycles. The Labute approximate surface area is 121 Å². The van der Waals surface area contributed by atoms with Crippen molar-refractivity contribution in [1.82, 2.24) is 15.0 Å². The van der Waals surface area contributed by atoms with Crippen LogP contribution in [-0.4, -0.2) is 32.0 Å². The van der Waals surface area contributed by atoms with Crippen LogP contribution in [0.4, 0.5) is 5.69 Å². The maximum absolute atomic E-state index is 11.8. The van der Waals surface area contributed by atoms with E-state index >= 15 is 0 Å². The molecular weight excluding hydrogens is 272 g/mol. The molecule has 0 aliphatic carbocycles. The summed E-state index contributed by atoms with van der Waals surface area (Å²) < 4.78 is 1.41. The van der Waals surface area contributed by atoms with Crippen molar-refractivity contribution in [2.45, 2.75) is 25.8 Å². The SMILES string of the molecule is CC(C)(C(=O)O)c1ccc(NC(=O)Cn2ccnn2)cc1. The largest absolute Gasteiger partial charge is 0.481 e. The summed E-state index contributed by atoms with van der Waals surface area (Å²) in [7, 11) is 0. The molecule has 2 N–H and O–H groups in total. The lowest BCUT2D eigenvalue weighted by atomic mass is 9.85. The highest BCUT2D eigenvalue weighted by atomic mass is 16.4. The number of nitrogens with zero attached hydrogens (tertiary/aromatic N) is 3. The van der Waals surface area contributed by atoms with Gasteiger partial charge in [0.2, 0.25) is 5.91 Å². The van der Waals surface area contributed by atoms with Gasteiger partial charge in [-0.2, -0.15) is 0 Å². The Morgan fingerprint density at radius 1 is 1.29 bits per heavy atom. The minimum absolute atomic E-state index is 0.0718. The highest BCUT2D eigenvalue weighted by Crippen LogP contribution is 2.24. The molecule has 0 radical (unpaired) electrons. The van der Waals surface area contributed by atoms with E-state index < -0.39 is 11.4 Å². The number of aliphatic carboxylic acids is 1. The Morgan fingerprint density at radius 3 is 2.48 bits per heavy atom. The summed E-state index contributed by atoms with van der Waals surface area (Å²) in [5, 5.41) is 19.2. The molecule has 2 aromatic rings. The molecule has 0 spiro atoms. The van der Waals surface area contributed by atoms with E-state index in [4.69, 9.17) is 5.11 Å². The lowest BCUT2D eigenvalue weighted by Gasteiger charge is -2.19. The Kier molecular flexibility index (Phi) is 4.02. The van der Waals surface area contributed by atoms with E-state index in [0.29, 0.717) is 11.3 Å². The predicted molar refractivity (Wildman–Crippen MR) is 75.8 cm³/mol. The van der Waals surface area contributed by atoms with Gasteiger partial charge in [-0.25, -0.2) is 4.68 Å². The molecular formula is C14H16N4O3. The number of carbonyl (C=O) groups excluding carboxylic acids is 1. The molecule has 0 bridgehead atoms. The van der Waals surface area contributed by atoms with Crippen LogP contribution in [0.25, 0.3) is 0 Å². The van der Waals surface area contributed by atoms with Gasteiger partial charge in [-0.15, -0.1) is 5.10 Å². The van der Waals surface area contributed by atoms with Gasteiger partial charge < -0.3 is 10.4 Å². The van der Waals surface area contributed by atoms with Crippen LogP contribution in [-0.2, 0) is 21.5 Å². The fraction of sp³-hybridized carbons (Fsp3) is 0.286. The van der Waals surface area contributed by atoms with Crippen molar-refractivity contribution in [3.8, 4) is 0 Å². The monoisotopic (exact) mass is 288 g/mol. The number of aromatic nitrogens is 3. The molecule has 7 heteroatoms. The summed E-state index contributed by atoms with van der Waals surface area (Å²) >= 11 is 0. The number of amides is 1. The smallest absolute Gasteiger partial charge is 0.313 e. The van der Waals surface area contributed by atoms with Crippen LogP contribution in [0.15, 0.2) is 36.7 Å². The van der Waals surface area contributed by atoms with Crippen molar-refractivity contribution in [1.29, 1.82) is 0 Å². The Balaban J connectivity index is 2.02. The molecule has 1 aromatic heterocycles. The molecule has 0 saturated carbocycles. The summed E-state index contributed by atoms with van der Waals surface area (Å²) in [5.41, 5.74) is 0.304. The minimum atomic E-state index is -0.969. The zero-order chi connectivity index (χ0) is 15.5. The molecule has 0 atom stereocenters. The summed E-state index contributed by atoms with van der Waals surface area (Å²) in [4.78, 5) is 23.0. The van der Waals surface area contributed by atoms with E-state index in [1.165, 1.54) is 10.9 Å². The van der Waals surface area contributed by atoms with Crippen molar-refractivity contribution in [3.05, 3.63) is 42.2 Å². The molecule has 21 heavy (non-hydrogen) atoms. The second kappa shape index (κ2) is 5.74. The summed E-state index contributed by atoms with van der Waals surface area (Å²) in [6.45, 7) is 3.34. The fourth-order valence-electron chi connectivity index (χ4n) is 1.76. The van der Waals surface area contributed by atoms with Crippen LogP contribution in [0.3, 0.4) is 0 Å². The first-order valence-electron chi connectivity index (χ1n) is 6.37. The second-order valence-electron chi connectivity index (χ2n) is 5.16. The molecule has 7 nitrogen and oxygen atoms in total. The number of hydrogen-bond acceptors (Lipinski definition) is 4. The lowest BCUT2D eigenvalue weighted by Crippen LogP contribution is -2.28. The van der Waals surface area contributed by atoms with Crippen LogP contribution in [0.1, 0.15) is 19.4 Å². The van der Waals surface area contributed by atoms with Crippen molar-refractivity contribution in [3.63, 3.8) is 0 Å². The first-order valence-corrected chi connectivity index (χ1v) is 6.37. The number of nitrogens with one attached hydrogen (secondary N) is 1. The van der Waals surface area contributed by atoms with Crippen molar-refractivity contribution >= 4 is 17.6 Å². The van der Waals surface area contributed by atoms with Gasteiger partial charge in [0.25, 0.3) is 0 Å². The van der Waals surface area contributed by atoms with Crippen LogP contribution in [0, 0.1) is 0 Å². The Bertz CT molecular complexity index is 633. The second-order valence-corrected chi connectivity index (χ2v) is 5.16. The van der Waals surface area contributed by atoms with Gasteiger partial charge in [-0.1, -0.05) is 17.3 Å². The highest BCUT2D eigenvalue weighted by Gasteiger charge is 2.29. The Hall–Kier alpha value is -2.70. The molecule has 0 saturated heterocycles. The van der Waals surface area contributed by atoms with Crippen LogP contribution in [0.5, 0.6) is 0 Å². The summed E-state index contributed by atoms with van der Waals surface area (Å²) in [6.07, 6.45) is 3.09. The quantitative estimate of drug-likeness (QED) is 0.863. The van der Waals surface area contributed by atoms with E-state index in [1.807, 2.05) is 0 Å². The van der Waals surface area contributed by atoms with Crippen molar-refractivity contribution in [2.24, 2.45) is 0 Å². The van der Waals surface area contributed by atoms with Crippen molar-refractivity contribution in [2.75, 3.05) is 5.32 Å². The van der Waals surface area contributed by atoms with Gasteiger partial charge in [-0.05, 0) is 31.5 Å². The van der Waals surface area contributed by atoms with Crippen LogP contribution < -0.4 is 5.32 Å². The first kappa shape index (κ1) is 14.7. The first-order chi connectivity index (χ1) is 9.89. The lowest BCUT2D eigenvalue weighted by molar-refractivity contribution is -0.142. The van der Waals surface area contributed by atoms with Gasteiger partial charge >= 0.3 is 5.97 Å². The number of rotatable bonds is 5. The summed E-state index contributed by atoms with van der Waals surface area (Å²) in [6, 6.07) is 6.75. The van der Waals surface area contributed by atoms with E-state index in [0.717, 1.165) is 0 Å². The topological polar surface area (TPSA) is 97.1 Å². The molecule has 0 aliphatic rings. The van der Waals surface area contributed by atoms with Crippen molar-refractivity contribution < 1.29 is 14.7 Å². The van der Waals surface area contributed by atoms with E-state index in [1.54, 1.807) is 44.3 Å². The van der Waals surface area contributed by atoms with Crippen LogP contribution in [0.2, 0.25) is 0 Å².